The van der Waals surface area contributed by atoms with Crippen molar-refractivity contribution >= 4 is 11.8 Å². The van der Waals surface area contributed by atoms with Gasteiger partial charge < -0.3 is 14.8 Å². The van der Waals surface area contributed by atoms with E-state index in [1.54, 1.807) is 6.26 Å². The third-order valence-electron chi connectivity index (χ3n) is 3.40. The molecule has 0 saturated heterocycles. The zero-order chi connectivity index (χ0) is 13.0. The Balaban J connectivity index is 1.88. The summed E-state index contributed by atoms with van der Waals surface area (Å²) < 4.78 is 5.34. The van der Waals surface area contributed by atoms with Crippen molar-refractivity contribution in [3.8, 4) is 0 Å². The Morgan fingerprint density at radius 2 is 2.33 bits per heavy atom. The molecule has 0 aromatic carbocycles. The second kappa shape index (κ2) is 6.13. The van der Waals surface area contributed by atoms with Gasteiger partial charge in [0.1, 0.15) is 5.76 Å². The largest absolute Gasteiger partial charge is 0.468 e. The smallest absolute Gasteiger partial charge is 0.113 e. The first-order chi connectivity index (χ1) is 8.66. The second-order valence-corrected chi connectivity index (χ2v) is 6.45. The highest BCUT2D eigenvalue weighted by atomic mass is 32.2. The van der Waals surface area contributed by atoms with Gasteiger partial charge in [-0.15, -0.1) is 0 Å². The van der Waals surface area contributed by atoms with Gasteiger partial charge in [-0.3, -0.25) is 0 Å². The molecule has 3 nitrogen and oxygen atoms in total. The SMILES string of the molecule is CC(C)NC(CO)(CSCc1ccco1)C1CC1. The normalized spacial score (nSPS) is 19.1. The summed E-state index contributed by atoms with van der Waals surface area (Å²) in [6.45, 7) is 4.51. The van der Waals surface area contributed by atoms with Crippen molar-refractivity contribution < 1.29 is 9.52 Å². The molecule has 1 aromatic rings. The Labute approximate surface area is 113 Å². The Morgan fingerprint density at radius 3 is 2.83 bits per heavy atom. The molecular formula is C14H23NO2S. The summed E-state index contributed by atoms with van der Waals surface area (Å²) in [5, 5.41) is 13.4. The van der Waals surface area contributed by atoms with Gasteiger partial charge in [0.05, 0.1) is 24.2 Å². The van der Waals surface area contributed by atoms with E-state index in [2.05, 4.69) is 19.2 Å². The van der Waals surface area contributed by atoms with Crippen molar-refractivity contribution in [2.45, 2.75) is 44.0 Å². The van der Waals surface area contributed by atoms with Gasteiger partial charge in [0.15, 0.2) is 0 Å². The first kappa shape index (κ1) is 14.0. The number of hydrogen-bond acceptors (Lipinski definition) is 4. The van der Waals surface area contributed by atoms with Gasteiger partial charge in [-0.05, 0) is 30.9 Å². The highest BCUT2D eigenvalue weighted by molar-refractivity contribution is 7.98. The van der Waals surface area contributed by atoms with Crippen molar-refractivity contribution in [1.82, 2.24) is 5.32 Å². The first-order valence-electron chi connectivity index (χ1n) is 6.65. The zero-order valence-electron chi connectivity index (χ0n) is 11.2. The van der Waals surface area contributed by atoms with E-state index in [1.165, 1.54) is 12.8 Å². The van der Waals surface area contributed by atoms with Crippen LogP contribution in [-0.2, 0) is 5.75 Å². The van der Waals surface area contributed by atoms with Crippen molar-refractivity contribution in [1.29, 1.82) is 0 Å². The van der Waals surface area contributed by atoms with Gasteiger partial charge in [0.25, 0.3) is 0 Å². The summed E-state index contributed by atoms with van der Waals surface area (Å²) in [5.41, 5.74) is -0.106. The molecule has 0 radical (unpaired) electrons. The predicted molar refractivity (Wildman–Crippen MR) is 75.7 cm³/mol. The van der Waals surface area contributed by atoms with E-state index in [1.807, 2.05) is 23.9 Å². The maximum absolute atomic E-state index is 9.79. The summed E-state index contributed by atoms with van der Waals surface area (Å²) in [6, 6.07) is 4.32. The molecule has 1 heterocycles. The molecular weight excluding hydrogens is 246 g/mol. The van der Waals surface area contributed by atoms with Gasteiger partial charge in [0, 0.05) is 11.8 Å². The lowest BCUT2D eigenvalue weighted by molar-refractivity contribution is 0.150. The third kappa shape index (κ3) is 3.53. The Kier molecular flexibility index (Phi) is 4.76. The molecule has 0 bridgehead atoms. The monoisotopic (exact) mass is 269 g/mol. The molecule has 1 atom stereocenters. The molecule has 0 amide bonds. The van der Waals surface area contributed by atoms with E-state index >= 15 is 0 Å². The van der Waals surface area contributed by atoms with Crippen LogP contribution >= 0.6 is 11.8 Å². The average molecular weight is 269 g/mol. The van der Waals surface area contributed by atoms with Gasteiger partial charge >= 0.3 is 0 Å². The van der Waals surface area contributed by atoms with E-state index in [4.69, 9.17) is 4.42 Å². The first-order valence-corrected chi connectivity index (χ1v) is 7.80. The van der Waals surface area contributed by atoms with Crippen molar-refractivity contribution in [3.63, 3.8) is 0 Å². The Morgan fingerprint density at radius 1 is 1.56 bits per heavy atom. The number of rotatable bonds is 8. The summed E-state index contributed by atoms with van der Waals surface area (Å²) in [4.78, 5) is 0. The average Bonchev–Trinajstić information content (AvgIpc) is 3.07. The number of aliphatic hydroxyl groups excluding tert-OH is 1. The fourth-order valence-corrected chi connectivity index (χ4v) is 3.68. The minimum Gasteiger partial charge on any atom is -0.468 e. The van der Waals surface area contributed by atoms with Crippen LogP contribution in [0.1, 0.15) is 32.4 Å². The zero-order valence-corrected chi connectivity index (χ0v) is 12.0. The maximum atomic E-state index is 9.79. The summed E-state index contributed by atoms with van der Waals surface area (Å²) in [5.74, 6) is 3.45. The molecule has 1 aliphatic carbocycles. The fourth-order valence-electron chi connectivity index (χ4n) is 2.44. The standard InChI is InChI=1S/C14H23NO2S/c1-11(2)15-14(9-16,12-5-6-12)10-18-8-13-4-3-7-17-13/h3-4,7,11-12,15-16H,5-6,8-10H2,1-2H3. The lowest BCUT2D eigenvalue weighted by atomic mass is 9.95. The Bertz CT molecular complexity index is 349. The molecule has 1 unspecified atom stereocenters. The van der Waals surface area contributed by atoms with Gasteiger partial charge in [0.2, 0.25) is 0 Å². The summed E-state index contributed by atoms with van der Waals surface area (Å²) >= 11 is 1.84. The summed E-state index contributed by atoms with van der Waals surface area (Å²) in [7, 11) is 0. The number of aliphatic hydroxyl groups is 1. The molecule has 0 spiro atoms. The Hall–Kier alpha value is -0.450. The van der Waals surface area contributed by atoms with Gasteiger partial charge in [-0.1, -0.05) is 13.8 Å². The molecule has 2 rings (SSSR count). The van der Waals surface area contributed by atoms with Crippen LogP contribution in [0.3, 0.4) is 0 Å². The minimum atomic E-state index is -0.106. The van der Waals surface area contributed by atoms with E-state index in [0.29, 0.717) is 12.0 Å². The second-order valence-electron chi connectivity index (χ2n) is 5.46. The van der Waals surface area contributed by atoms with E-state index in [0.717, 1.165) is 17.3 Å². The molecule has 0 aliphatic heterocycles. The number of hydrogen-bond donors (Lipinski definition) is 2. The van der Waals surface area contributed by atoms with Crippen molar-refractivity contribution in [2.24, 2.45) is 5.92 Å². The predicted octanol–water partition coefficient (Wildman–Crippen LogP) is 2.65. The van der Waals surface area contributed by atoms with Crippen LogP contribution in [0.5, 0.6) is 0 Å². The molecule has 1 saturated carbocycles. The molecule has 1 aromatic heterocycles. The van der Waals surface area contributed by atoms with Gasteiger partial charge in [-0.25, -0.2) is 0 Å². The molecule has 1 aliphatic rings. The summed E-state index contributed by atoms with van der Waals surface area (Å²) in [6.07, 6.45) is 4.19. The molecule has 2 N–H and O–H groups in total. The third-order valence-corrected chi connectivity index (χ3v) is 4.61. The number of thioether (sulfide) groups is 1. The topological polar surface area (TPSA) is 45.4 Å². The quantitative estimate of drug-likeness (QED) is 0.761. The van der Waals surface area contributed by atoms with E-state index in [-0.39, 0.29) is 12.1 Å². The maximum Gasteiger partial charge on any atom is 0.113 e. The minimum absolute atomic E-state index is 0.106. The molecule has 18 heavy (non-hydrogen) atoms. The molecule has 4 heteroatoms. The van der Waals surface area contributed by atoms with Crippen LogP contribution in [0.4, 0.5) is 0 Å². The molecule has 1 fully saturated rings. The van der Waals surface area contributed by atoms with Crippen LogP contribution < -0.4 is 5.32 Å². The van der Waals surface area contributed by atoms with E-state index in [9.17, 15) is 5.11 Å². The van der Waals surface area contributed by atoms with Crippen LogP contribution in [0, 0.1) is 5.92 Å². The lowest BCUT2D eigenvalue weighted by Gasteiger charge is -2.35. The van der Waals surface area contributed by atoms with Crippen LogP contribution in [0.15, 0.2) is 22.8 Å². The van der Waals surface area contributed by atoms with Crippen LogP contribution in [0.2, 0.25) is 0 Å². The number of furan rings is 1. The van der Waals surface area contributed by atoms with Crippen LogP contribution in [0.25, 0.3) is 0 Å². The van der Waals surface area contributed by atoms with Gasteiger partial charge in [-0.2, -0.15) is 11.8 Å². The molecule has 102 valence electrons. The highest BCUT2D eigenvalue weighted by Crippen LogP contribution is 2.41. The highest BCUT2D eigenvalue weighted by Gasteiger charge is 2.44. The van der Waals surface area contributed by atoms with Crippen LogP contribution in [-0.4, -0.2) is 29.0 Å². The van der Waals surface area contributed by atoms with Crippen molar-refractivity contribution in [3.05, 3.63) is 24.2 Å². The fraction of sp³-hybridized carbons (Fsp3) is 0.714. The van der Waals surface area contributed by atoms with Crippen molar-refractivity contribution in [2.75, 3.05) is 12.4 Å². The number of nitrogens with one attached hydrogen (secondary N) is 1. The van der Waals surface area contributed by atoms with E-state index < -0.39 is 0 Å². The lowest BCUT2D eigenvalue weighted by Crippen LogP contribution is -2.55.